The van der Waals surface area contributed by atoms with Crippen molar-refractivity contribution in [3.63, 3.8) is 0 Å². The number of aliphatic hydroxyl groups is 1. The minimum absolute atomic E-state index is 0.0171. The maximum absolute atomic E-state index is 12.9. The van der Waals surface area contributed by atoms with Crippen LogP contribution < -0.4 is 4.74 Å². The van der Waals surface area contributed by atoms with E-state index in [0.717, 1.165) is 0 Å². The molecule has 158 valence electrons. The lowest BCUT2D eigenvalue weighted by Crippen LogP contribution is -2.33. The van der Waals surface area contributed by atoms with Crippen molar-refractivity contribution >= 4 is 29.1 Å². The Balaban J connectivity index is 2.08. The molecule has 1 N–H and O–H groups in total. The number of aromatic nitrogens is 1. The van der Waals surface area contributed by atoms with Crippen LogP contribution in [-0.2, 0) is 14.3 Å². The largest absolute Gasteiger partial charge is 0.507 e. The molecule has 0 aliphatic carbocycles. The predicted molar refractivity (Wildman–Crippen MR) is 112 cm³/mol. The number of ketones is 1. The van der Waals surface area contributed by atoms with E-state index in [9.17, 15) is 14.7 Å². The minimum Gasteiger partial charge on any atom is -0.507 e. The Labute approximate surface area is 179 Å². The first-order valence-electron chi connectivity index (χ1n) is 9.50. The van der Waals surface area contributed by atoms with Crippen molar-refractivity contribution in [3.05, 3.63) is 64.4 Å². The topological polar surface area (TPSA) is 89.0 Å². The van der Waals surface area contributed by atoms with Crippen molar-refractivity contribution in [1.29, 1.82) is 0 Å². The summed E-state index contributed by atoms with van der Waals surface area (Å²) in [6, 6.07) is 9.02. The molecule has 0 spiro atoms. The molecule has 0 saturated carbocycles. The molecule has 1 aromatic heterocycles. The zero-order valence-corrected chi connectivity index (χ0v) is 17.7. The summed E-state index contributed by atoms with van der Waals surface area (Å²) in [5.41, 5.74) is 0.741. The van der Waals surface area contributed by atoms with Crippen LogP contribution in [0.4, 0.5) is 0 Å². The number of aliphatic hydroxyl groups excluding tert-OH is 1. The second-order valence-corrected chi connectivity index (χ2v) is 7.42. The highest BCUT2D eigenvalue weighted by Gasteiger charge is 2.46. The molecule has 8 heteroatoms. The van der Waals surface area contributed by atoms with Crippen molar-refractivity contribution in [2.45, 2.75) is 26.0 Å². The van der Waals surface area contributed by atoms with Gasteiger partial charge in [0.1, 0.15) is 17.6 Å². The molecule has 2 heterocycles. The summed E-state index contributed by atoms with van der Waals surface area (Å²) in [5.74, 6) is -1.37. The van der Waals surface area contributed by atoms with Crippen molar-refractivity contribution in [2.24, 2.45) is 0 Å². The summed E-state index contributed by atoms with van der Waals surface area (Å²) in [5, 5.41) is 11.3. The Morgan fingerprint density at radius 1 is 1.27 bits per heavy atom. The van der Waals surface area contributed by atoms with Gasteiger partial charge in [-0.3, -0.25) is 14.6 Å². The second kappa shape index (κ2) is 9.28. The van der Waals surface area contributed by atoms with Gasteiger partial charge in [0.2, 0.25) is 0 Å². The van der Waals surface area contributed by atoms with Gasteiger partial charge in [-0.2, -0.15) is 0 Å². The summed E-state index contributed by atoms with van der Waals surface area (Å²) in [6.45, 7) is 4.21. The van der Waals surface area contributed by atoms with Gasteiger partial charge in [-0.15, -0.1) is 0 Å². The summed E-state index contributed by atoms with van der Waals surface area (Å²) in [4.78, 5) is 31.4. The van der Waals surface area contributed by atoms with Gasteiger partial charge in [-0.25, -0.2) is 0 Å². The molecule has 1 atom stereocenters. The van der Waals surface area contributed by atoms with Crippen LogP contribution >= 0.6 is 11.6 Å². The minimum atomic E-state index is -0.831. The van der Waals surface area contributed by atoms with Crippen molar-refractivity contribution < 1.29 is 24.2 Å². The van der Waals surface area contributed by atoms with E-state index in [2.05, 4.69) is 4.98 Å². The fourth-order valence-electron chi connectivity index (χ4n) is 3.31. The van der Waals surface area contributed by atoms with E-state index in [1.54, 1.807) is 36.5 Å². The lowest BCUT2D eigenvalue weighted by atomic mass is 9.98. The molecule has 0 radical (unpaired) electrons. The van der Waals surface area contributed by atoms with Crippen LogP contribution in [0.1, 0.15) is 31.1 Å². The van der Waals surface area contributed by atoms with Crippen LogP contribution in [0.15, 0.2) is 48.2 Å². The highest BCUT2D eigenvalue weighted by molar-refractivity contribution is 6.46. The molecule has 1 saturated heterocycles. The Kier molecular flexibility index (Phi) is 6.74. The molecule has 0 bridgehead atoms. The van der Waals surface area contributed by atoms with Crippen molar-refractivity contribution in [1.82, 2.24) is 9.88 Å². The Hall–Kier alpha value is -2.90. The summed E-state index contributed by atoms with van der Waals surface area (Å²) in [7, 11) is 1.48. The van der Waals surface area contributed by atoms with Crippen LogP contribution in [0.5, 0.6) is 5.75 Å². The van der Waals surface area contributed by atoms with E-state index in [-0.39, 0.29) is 35.6 Å². The van der Waals surface area contributed by atoms with Crippen LogP contribution in [0.3, 0.4) is 0 Å². The number of Topliss-reactive ketones (excluding diaryl/α,β-unsaturated/α-hetero) is 1. The molecule has 3 rings (SSSR count). The number of methoxy groups -OCH3 is 1. The second-order valence-electron chi connectivity index (χ2n) is 7.02. The van der Waals surface area contributed by atoms with Crippen LogP contribution in [-0.4, -0.2) is 53.0 Å². The SMILES string of the molecule is COc1ccc(/C(O)=C2/C(=O)C(=O)N(CCOC(C)C)C2c2ccccn2)cc1Cl. The molecule has 1 fully saturated rings. The molecule has 1 aliphatic heterocycles. The van der Waals surface area contributed by atoms with E-state index >= 15 is 0 Å². The van der Waals surface area contributed by atoms with Gasteiger partial charge in [0, 0.05) is 18.3 Å². The maximum atomic E-state index is 12.9. The number of hydrogen-bond donors (Lipinski definition) is 1. The van der Waals surface area contributed by atoms with Gasteiger partial charge in [0.05, 0.1) is 36.1 Å². The first-order valence-corrected chi connectivity index (χ1v) is 9.87. The van der Waals surface area contributed by atoms with E-state index < -0.39 is 17.7 Å². The number of hydrogen-bond acceptors (Lipinski definition) is 6. The Morgan fingerprint density at radius 3 is 2.63 bits per heavy atom. The lowest BCUT2D eigenvalue weighted by molar-refractivity contribution is -0.140. The lowest BCUT2D eigenvalue weighted by Gasteiger charge is -2.24. The molecule has 1 aromatic carbocycles. The monoisotopic (exact) mass is 430 g/mol. The smallest absolute Gasteiger partial charge is 0.295 e. The number of carbonyl (C=O) groups excluding carboxylic acids is 2. The first-order chi connectivity index (χ1) is 14.3. The summed E-state index contributed by atoms with van der Waals surface area (Å²) < 4.78 is 10.7. The van der Waals surface area contributed by atoms with Crippen LogP contribution in [0, 0.1) is 0 Å². The zero-order valence-electron chi connectivity index (χ0n) is 17.0. The number of likely N-dealkylation sites (tertiary alicyclic amines) is 1. The van der Waals surface area contributed by atoms with Crippen molar-refractivity contribution in [3.8, 4) is 5.75 Å². The van der Waals surface area contributed by atoms with E-state index in [0.29, 0.717) is 17.0 Å². The number of pyridine rings is 1. The van der Waals surface area contributed by atoms with E-state index in [1.807, 2.05) is 13.8 Å². The number of benzene rings is 1. The van der Waals surface area contributed by atoms with Crippen LogP contribution in [0.2, 0.25) is 5.02 Å². The van der Waals surface area contributed by atoms with Gasteiger partial charge in [-0.1, -0.05) is 17.7 Å². The number of carbonyl (C=O) groups is 2. The number of ether oxygens (including phenoxy) is 2. The van der Waals surface area contributed by atoms with Gasteiger partial charge < -0.3 is 19.5 Å². The van der Waals surface area contributed by atoms with Gasteiger partial charge >= 0.3 is 0 Å². The van der Waals surface area contributed by atoms with E-state index in [1.165, 1.54) is 18.1 Å². The molecule has 1 aliphatic rings. The zero-order chi connectivity index (χ0) is 21.8. The normalized spacial score (nSPS) is 18.3. The quantitative estimate of drug-likeness (QED) is 0.410. The molecule has 7 nitrogen and oxygen atoms in total. The molecule has 2 aromatic rings. The first kappa shape index (κ1) is 21.8. The molecule has 1 unspecified atom stereocenters. The third-order valence-corrected chi connectivity index (χ3v) is 5.01. The highest BCUT2D eigenvalue weighted by atomic mass is 35.5. The van der Waals surface area contributed by atoms with E-state index in [4.69, 9.17) is 21.1 Å². The number of amides is 1. The molecule has 30 heavy (non-hydrogen) atoms. The Morgan fingerprint density at radius 2 is 2.03 bits per heavy atom. The van der Waals surface area contributed by atoms with Crippen LogP contribution in [0.25, 0.3) is 5.76 Å². The van der Waals surface area contributed by atoms with Gasteiger partial charge in [0.25, 0.3) is 11.7 Å². The number of nitrogens with zero attached hydrogens (tertiary/aromatic N) is 2. The Bertz CT molecular complexity index is 975. The average Bonchev–Trinajstić information content (AvgIpc) is 2.98. The third kappa shape index (κ3) is 4.32. The molecule has 1 amide bonds. The fourth-order valence-corrected chi connectivity index (χ4v) is 3.57. The third-order valence-electron chi connectivity index (χ3n) is 4.72. The summed E-state index contributed by atoms with van der Waals surface area (Å²) >= 11 is 6.18. The predicted octanol–water partition coefficient (Wildman–Crippen LogP) is 3.59. The standard InChI is InChI=1S/C22H23ClN2O5/c1-13(2)30-11-10-25-19(16-6-4-5-9-24-16)18(21(27)22(25)28)20(26)14-7-8-17(29-3)15(23)12-14/h4-9,12-13,19,26H,10-11H2,1-3H3/b20-18-. The highest BCUT2D eigenvalue weighted by Crippen LogP contribution is 2.39. The van der Waals surface area contributed by atoms with Gasteiger partial charge in [-0.05, 0) is 44.2 Å². The summed E-state index contributed by atoms with van der Waals surface area (Å²) in [6.07, 6.45) is 1.56. The van der Waals surface area contributed by atoms with Crippen molar-refractivity contribution in [2.75, 3.05) is 20.3 Å². The average molecular weight is 431 g/mol. The number of halogens is 1. The van der Waals surface area contributed by atoms with Gasteiger partial charge in [0.15, 0.2) is 0 Å². The maximum Gasteiger partial charge on any atom is 0.295 e. The number of rotatable bonds is 7. The fraction of sp³-hybridized carbons (Fsp3) is 0.318. The molecular formula is C22H23ClN2O5. The molecular weight excluding hydrogens is 408 g/mol.